The van der Waals surface area contributed by atoms with E-state index in [0.717, 1.165) is 38.0 Å². The number of amides is 2. The second kappa shape index (κ2) is 7.21. The summed E-state index contributed by atoms with van der Waals surface area (Å²) >= 11 is 0. The summed E-state index contributed by atoms with van der Waals surface area (Å²) in [6, 6.07) is 6.09. The topological polar surface area (TPSA) is 63.1 Å². The predicted octanol–water partition coefficient (Wildman–Crippen LogP) is 2.04. The molecule has 1 saturated heterocycles. The molecule has 6 nitrogen and oxygen atoms in total. The Morgan fingerprint density at radius 3 is 2.91 bits per heavy atom. The average molecular weight is 317 g/mol. The Morgan fingerprint density at radius 2 is 2.17 bits per heavy atom. The zero-order valence-corrected chi connectivity index (χ0v) is 12.9. The van der Waals surface area contributed by atoms with Gasteiger partial charge in [0.15, 0.2) is 0 Å². The highest BCUT2D eigenvalue weighted by Crippen LogP contribution is 2.18. The molecule has 122 valence electrons. The third-order valence-corrected chi connectivity index (χ3v) is 4.08. The number of urea groups is 1. The van der Waals surface area contributed by atoms with Crippen LogP contribution in [0.25, 0.3) is 0 Å². The second-order valence-electron chi connectivity index (χ2n) is 5.86. The van der Waals surface area contributed by atoms with Gasteiger partial charge >= 0.3 is 6.03 Å². The van der Waals surface area contributed by atoms with Crippen LogP contribution in [0.2, 0.25) is 0 Å². The number of carbonyl (C=O) groups excluding carboxylic acids is 1. The van der Waals surface area contributed by atoms with Crippen molar-refractivity contribution in [1.82, 2.24) is 25.2 Å². The molecule has 0 spiro atoms. The Morgan fingerprint density at radius 1 is 1.35 bits per heavy atom. The molecule has 0 bridgehead atoms. The first-order valence-corrected chi connectivity index (χ1v) is 7.82. The summed E-state index contributed by atoms with van der Waals surface area (Å²) in [5.41, 5.74) is 0.885. The number of likely N-dealkylation sites (tertiary alicyclic amines) is 1. The number of carbonyl (C=O) groups is 1. The van der Waals surface area contributed by atoms with Crippen molar-refractivity contribution in [2.24, 2.45) is 5.92 Å². The van der Waals surface area contributed by atoms with E-state index in [1.807, 2.05) is 15.8 Å². The van der Waals surface area contributed by atoms with Gasteiger partial charge in [-0.25, -0.2) is 9.18 Å². The average Bonchev–Trinajstić information content (AvgIpc) is 3.07. The van der Waals surface area contributed by atoms with Crippen LogP contribution in [0.15, 0.2) is 36.7 Å². The van der Waals surface area contributed by atoms with Gasteiger partial charge < -0.3 is 10.2 Å². The number of piperidine rings is 1. The zero-order valence-electron chi connectivity index (χ0n) is 12.9. The maximum absolute atomic E-state index is 12.9. The van der Waals surface area contributed by atoms with Gasteiger partial charge in [0, 0.05) is 32.4 Å². The van der Waals surface area contributed by atoms with Gasteiger partial charge in [-0.2, -0.15) is 0 Å². The third kappa shape index (κ3) is 4.28. The van der Waals surface area contributed by atoms with E-state index in [0.29, 0.717) is 12.5 Å². The van der Waals surface area contributed by atoms with Crippen LogP contribution >= 0.6 is 0 Å². The molecule has 7 heteroatoms. The number of hydrogen-bond acceptors (Lipinski definition) is 3. The lowest BCUT2D eigenvalue weighted by atomic mass is 9.98. The van der Waals surface area contributed by atoms with Crippen LogP contribution in [0.3, 0.4) is 0 Å². The summed E-state index contributed by atoms with van der Waals surface area (Å²) in [5, 5.41) is 10.7. The predicted molar refractivity (Wildman–Crippen MR) is 83.0 cm³/mol. The van der Waals surface area contributed by atoms with Gasteiger partial charge in [0.25, 0.3) is 0 Å². The first-order chi connectivity index (χ1) is 11.2. The number of rotatable bonds is 4. The Kier molecular flexibility index (Phi) is 4.85. The fourth-order valence-electron chi connectivity index (χ4n) is 2.88. The van der Waals surface area contributed by atoms with Gasteiger partial charge in [-0.1, -0.05) is 17.3 Å². The minimum absolute atomic E-state index is 0.0717. The number of aromatic nitrogens is 3. The smallest absolute Gasteiger partial charge is 0.317 e. The maximum atomic E-state index is 12.9. The molecule has 0 saturated carbocycles. The molecule has 1 atom stereocenters. The Balaban J connectivity index is 1.49. The molecule has 2 aromatic rings. The van der Waals surface area contributed by atoms with E-state index in [1.165, 1.54) is 12.1 Å². The van der Waals surface area contributed by atoms with Crippen LogP contribution in [-0.2, 0) is 13.1 Å². The van der Waals surface area contributed by atoms with Crippen LogP contribution < -0.4 is 5.32 Å². The van der Waals surface area contributed by atoms with Gasteiger partial charge in [-0.15, -0.1) is 5.10 Å². The van der Waals surface area contributed by atoms with Crippen LogP contribution in [0.1, 0.15) is 18.4 Å². The van der Waals surface area contributed by atoms with E-state index >= 15 is 0 Å². The van der Waals surface area contributed by atoms with Crippen LogP contribution in [0.4, 0.5) is 9.18 Å². The van der Waals surface area contributed by atoms with Crippen molar-refractivity contribution in [3.8, 4) is 0 Å². The Labute approximate surface area is 134 Å². The molecule has 1 fully saturated rings. The lowest BCUT2D eigenvalue weighted by Crippen LogP contribution is -2.46. The highest BCUT2D eigenvalue weighted by molar-refractivity contribution is 5.74. The Hall–Kier alpha value is -2.44. The third-order valence-electron chi connectivity index (χ3n) is 4.08. The van der Waals surface area contributed by atoms with Crippen molar-refractivity contribution in [2.45, 2.75) is 25.9 Å². The molecule has 1 aliphatic rings. The summed E-state index contributed by atoms with van der Waals surface area (Å²) < 4.78 is 14.7. The van der Waals surface area contributed by atoms with E-state index in [1.54, 1.807) is 18.3 Å². The van der Waals surface area contributed by atoms with E-state index in [-0.39, 0.29) is 11.8 Å². The Bertz CT molecular complexity index is 628. The van der Waals surface area contributed by atoms with Gasteiger partial charge in [0.1, 0.15) is 5.82 Å². The molecular weight excluding hydrogens is 297 g/mol. The van der Waals surface area contributed by atoms with E-state index < -0.39 is 0 Å². The molecule has 1 aliphatic heterocycles. The fourth-order valence-corrected chi connectivity index (χ4v) is 2.88. The summed E-state index contributed by atoms with van der Waals surface area (Å²) in [7, 11) is 0. The van der Waals surface area contributed by atoms with Crippen molar-refractivity contribution in [2.75, 3.05) is 13.1 Å². The molecule has 0 aliphatic carbocycles. The largest absolute Gasteiger partial charge is 0.334 e. The lowest BCUT2D eigenvalue weighted by molar-refractivity contribution is 0.157. The number of hydrogen-bond donors (Lipinski definition) is 1. The molecule has 2 amide bonds. The number of nitrogens with one attached hydrogen (secondary N) is 1. The van der Waals surface area contributed by atoms with Gasteiger partial charge in [-0.3, -0.25) is 4.68 Å². The number of benzene rings is 1. The lowest BCUT2D eigenvalue weighted by Gasteiger charge is -2.32. The molecule has 1 aromatic carbocycles. The van der Waals surface area contributed by atoms with Crippen LogP contribution in [0.5, 0.6) is 0 Å². The summed E-state index contributed by atoms with van der Waals surface area (Å²) in [6.45, 7) is 2.67. The first-order valence-electron chi connectivity index (χ1n) is 7.82. The van der Waals surface area contributed by atoms with E-state index in [2.05, 4.69) is 15.6 Å². The first kappa shape index (κ1) is 15.5. The van der Waals surface area contributed by atoms with Gasteiger partial charge in [-0.05, 0) is 36.5 Å². The fraction of sp³-hybridized carbons (Fsp3) is 0.438. The molecule has 2 heterocycles. The quantitative estimate of drug-likeness (QED) is 0.938. The molecule has 23 heavy (non-hydrogen) atoms. The monoisotopic (exact) mass is 317 g/mol. The number of halogens is 1. The van der Waals surface area contributed by atoms with Crippen LogP contribution in [-0.4, -0.2) is 39.0 Å². The summed E-state index contributed by atoms with van der Waals surface area (Å²) in [6.07, 6.45) is 5.58. The molecule has 1 unspecified atom stereocenters. The van der Waals surface area contributed by atoms with E-state index in [9.17, 15) is 9.18 Å². The van der Waals surface area contributed by atoms with Gasteiger partial charge in [0.2, 0.25) is 0 Å². The standard InChI is InChI=1S/C16H20FN5O/c17-15-5-3-13(4-6-15)10-18-16(23)21-8-1-2-14(11-21)12-22-9-7-19-20-22/h3-7,9,14H,1-2,8,10-12H2,(H,18,23). The molecule has 3 rings (SSSR count). The normalized spacial score (nSPS) is 18.0. The highest BCUT2D eigenvalue weighted by atomic mass is 19.1. The SMILES string of the molecule is O=C(NCc1ccc(F)cc1)N1CCCC(Cn2ccnn2)C1. The molecule has 1 N–H and O–H groups in total. The molecule has 1 aromatic heterocycles. The van der Waals surface area contributed by atoms with Crippen molar-refractivity contribution >= 4 is 6.03 Å². The number of nitrogens with zero attached hydrogens (tertiary/aromatic N) is 4. The van der Waals surface area contributed by atoms with Crippen molar-refractivity contribution < 1.29 is 9.18 Å². The molecule has 0 radical (unpaired) electrons. The molecular formula is C16H20FN5O. The van der Waals surface area contributed by atoms with Crippen molar-refractivity contribution in [3.63, 3.8) is 0 Å². The van der Waals surface area contributed by atoms with Crippen molar-refractivity contribution in [3.05, 3.63) is 48.0 Å². The second-order valence-corrected chi connectivity index (χ2v) is 5.86. The van der Waals surface area contributed by atoms with Crippen molar-refractivity contribution in [1.29, 1.82) is 0 Å². The van der Waals surface area contributed by atoms with Crippen LogP contribution in [0, 0.1) is 11.7 Å². The summed E-state index contributed by atoms with van der Waals surface area (Å²) in [5.74, 6) is 0.120. The summed E-state index contributed by atoms with van der Waals surface area (Å²) in [4.78, 5) is 14.1. The van der Waals surface area contributed by atoms with Gasteiger partial charge in [0.05, 0.1) is 6.20 Å². The highest BCUT2D eigenvalue weighted by Gasteiger charge is 2.23. The maximum Gasteiger partial charge on any atom is 0.317 e. The van der Waals surface area contributed by atoms with E-state index in [4.69, 9.17) is 0 Å². The minimum atomic E-state index is -0.271. The minimum Gasteiger partial charge on any atom is -0.334 e. The zero-order chi connectivity index (χ0) is 16.1.